The third-order valence-corrected chi connectivity index (χ3v) is 2.78. The molecule has 0 aromatic heterocycles. The number of nitrogens with two attached hydrogens (primary N) is 1. The van der Waals surface area contributed by atoms with Crippen LogP contribution in [0.15, 0.2) is 42.5 Å². The molecule has 0 saturated carbocycles. The zero-order chi connectivity index (χ0) is 12.4. The van der Waals surface area contributed by atoms with Gasteiger partial charge in [-0.25, -0.2) is 0 Å². The summed E-state index contributed by atoms with van der Waals surface area (Å²) in [5.74, 6) is -0.410. The third kappa shape index (κ3) is 2.10. The molecule has 0 aliphatic carbocycles. The number of carbonyl (C=O) groups is 1. The van der Waals surface area contributed by atoms with Gasteiger partial charge in [0.25, 0.3) is 0 Å². The normalized spacial score (nSPS) is 10.2. The second-order valence-electron chi connectivity index (χ2n) is 3.55. The van der Waals surface area contributed by atoms with Gasteiger partial charge in [-0.1, -0.05) is 29.8 Å². The first-order chi connectivity index (χ1) is 8.11. The van der Waals surface area contributed by atoms with Crippen LogP contribution in [0.4, 0.5) is 5.69 Å². The molecule has 86 valence electrons. The molecule has 3 nitrogen and oxygen atoms in total. The molecule has 0 heterocycles. The number of carbonyl (C=O) groups excluding carboxylic acids is 1. The minimum absolute atomic E-state index is 0.0671. The highest BCUT2D eigenvalue weighted by Crippen LogP contribution is 2.27. The predicted octanol–water partition coefficient (Wildman–Crippen LogP) is 2.86. The van der Waals surface area contributed by atoms with Gasteiger partial charge in [0.1, 0.15) is 5.75 Å². The molecule has 0 saturated heterocycles. The van der Waals surface area contributed by atoms with Crippen LogP contribution in [-0.4, -0.2) is 10.9 Å². The van der Waals surface area contributed by atoms with E-state index in [9.17, 15) is 9.90 Å². The smallest absolute Gasteiger partial charge is 0.196 e. The number of phenols is 1. The number of hydrogen-bond donors (Lipinski definition) is 2. The quantitative estimate of drug-likeness (QED) is 0.487. The van der Waals surface area contributed by atoms with Crippen molar-refractivity contribution in [2.24, 2.45) is 0 Å². The van der Waals surface area contributed by atoms with Crippen LogP contribution in [0.3, 0.4) is 0 Å². The Bertz CT molecular complexity index is 581. The highest BCUT2D eigenvalue weighted by atomic mass is 35.5. The van der Waals surface area contributed by atoms with Crippen LogP contribution in [0.25, 0.3) is 0 Å². The molecule has 4 heteroatoms. The van der Waals surface area contributed by atoms with Gasteiger partial charge in [0.05, 0.1) is 10.7 Å². The van der Waals surface area contributed by atoms with Crippen LogP contribution in [-0.2, 0) is 0 Å². The topological polar surface area (TPSA) is 63.3 Å². The molecule has 2 aromatic carbocycles. The van der Waals surface area contributed by atoms with Crippen molar-refractivity contribution >= 4 is 23.1 Å². The molecule has 0 aliphatic rings. The Kier molecular flexibility index (Phi) is 3.02. The van der Waals surface area contributed by atoms with E-state index >= 15 is 0 Å². The summed E-state index contributed by atoms with van der Waals surface area (Å²) < 4.78 is 0. The van der Waals surface area contributed by atoms with E-state index in [1.807, 2.05) is 0 Å². The number of rotatable bonds is 2. The molecule has 0 fully saturated rings. The Morgan fingerprint density at radius 1 is 1.06 bits per heavy atom. The number of hydrogen-bond acceptors (Lipinski definition) is 3. The molecular formula is C13H10ClNO2. The first-order valence-corrected chi connectivity index (χ1v) is 5.35. The number of para-hydroxylation sites is 1. The molecule has 3 N–H and O–H groups in total. The maximum atomic E-state index is 12.2. The number of phenolic OH excluding ortho intramolecular Hbond substituents is 1. The van der Waals surface area contributed by atoms with Gasteiger partial charge < -0.3 is 10.8 Å². The van der Waals surface area contributed by atoms with Gasteiger partial charge in [0.15, 0.2) is 5.78 Å². The Balaban J connectivity index is 2.52. The molecule has 2 aromatic rings. The van der Waals surface area contributed by atoms with Crippen LogP contribution in [0, 0.1) is 0 Å². The van der Waals surface area contributed by atoms with Crippen molar-refractivity contribution in [2.75, 3.05) is 5.73 Å². The van der Waals surface area contributed by atoms with Crippen molar-refractivity contribution < 1.29 is 9.90 Å². The average molecular weight is 248 g/mol. The number of halogens is 1. The molecule has 0 radical (unpaired) electrons. The van der Waals surface area contributed by atoms with Gasteiger partial charge in [-0.15, -0.1) is 0 Å². The van der Waals surface area contributed by atoms with E-state index in [1.165, 1.54) is 6.07 Å². The number of aromatic hydroxyl groups is 1. The summed E-state index contributed by atoms with van der Waals surface area (Å²) in [5, 5.41) is 9.82. The Morgan fingerprint density at radius 3 is 2.41 bits per heavy atom. The van der Waals surface area contributed by atoms with E-state index in [1.54, 1.807) is 36.4 Å². The number of benzene rings is 2. The van der Waals surface area contributed by atoms with Gasteiger partial charge in [0, 0.05) is 11.1 Å². The molecule has 0 aliphatic heterocycles. The fraction of sp³-hybridized carbons (Fsp3) is 0. The monoisotopic (exact) mass is 247 g/mol. The van der Waals surface area contributed by atoms with E-state index in [4.69, 9.17) is 17.3 Å². The summed E-state index contributed by atoms with van der Waals surface area (Å²) in [5.41, 5.74) is 6.34. The van der Waals surface area contributed by atoms with Gasteiger partial charge in [-0.05, 0) is 24.3 Å². The number of anilines is 1. The van der Waals surface area contributed by atoms with Crippen LogP contribution in [0.5, 0.6) is 5.75 Å². The summed E-state index contributed by atoms with van der Waals surface area (Å²) >= 11 is 5.94. The summed E-state index contributed by atoms with van der Waals surface area (Å²) in [6.07, 6.45) is 0. The summed E-state index contributed by atoms with van der Waals surface area (Å²) in [6, 6.07) is 11.3. The average Bonchev–Trinajstić information content (AvgIpc) is 2.32. The lowest BCUT2D eigenvalue weighted by Crippen LogP contribution is -2.05. The third-order valence-electron chi connectivity index (χ3n) is 2.45. The van der Waals surface area contributed by atoms with Crippen molar-refractivity contribution in [2.45, 2.75) is 0 Å². The lowest BCUT2D eigenvalue weighted by molar-refractivity contribution is 0.103. The lowest BCUT2D eigenvalue weighted by Gasteiger charge is -2.07. The summed E-state index contributed by atoms with van der Waals surface area (Å²) in [7, 11) is 0. The number of nitrogen functional groups attached to an aromatic ring is 1. The van der Waals surface area contributed by atoms with E-state index in [0.29, 0.717) is 10.6 Å². The molecule has 0 atom stereocenters. The minimum atomic E-state index is -0.302. The zero-order valence-electron chi connectivity index (χ0n) is 8.85. The fourth-order valence-corrected chi connectivity index (χ4v) is 1.76. The van der Waals surface area contributed by atoms with E-state index in [0.717, 1.165) is 0 Å². The molecule has 2 rings (SSSR count). The maximum Gasteiger partial charge on any atom is 0.196 e. The van der Waals surface area contributed by atoms with Crippen LogP contribution in [0.1, 0.15) is 15.9 Å². The van der Waals surface area contributed by atoms with Gasteiger partial charge in [-0.2, -0.15) is 0 Å². The summed E-state index contributed by atoms with van der Waals surface area (Å²) in [4.78, 5) is 12.2. The Morgan fingerprint density at radius 2 is 1.71 bits per heavy atom. The molecular weight excluding hydrogens is 238 g/mol. The SMILES string of the molecule is Nc1c(O)cccc1C(=O)c1ccccc1Cl. The van der Waals surface area contributed by atoms with Crippen molar-refractivity contribution in [3.63, 3.8) is 0 Å². The number of ketones is 1. The highest BCUT2D eigenvalue weighted by Gasteiger charge is 2.16. The van der Waals surface area contributed by atoms with Crippen LogP contribution in [0.2, 0.25) is 5.02 Å². The Labute approximate surface area is 103 Å². The largest absolute Gasteiger partial charge is 0.506 e. The first-order valence-electron chi connectivity index (χ1n) is 4.98. The molecule has 0 bridgehead atoms. The van der Waals surface area contributed by atoms with Crippen LogP contribution >= 0.6 is 11.6 Å². The fourth-order valence-electron chi connectivity index (χ4n) is 1.54. The van der Waals surface area contributed by atoms with Gasteiger partial charge in [-0.3, -0.25) is 4.79 Å². The van der Waals surface area contributed by atoms with Crippen molar-refractivity contribution in [1.82, 2.24) is 0 Å². The molecule has 0 spiro atoms. The lowest BCUT2D eigenvalue weighted by atomic mass is 10.0. The molecule has 0 unspecified atom stereocenters. The summed E-state index contributed by atoms with van der Waals surface area (Å²) in [6.45, 7) is 0. The first kappa shape index (κ1) is 11.5. The zero-order valence-corrected chi connectivity index (χ0v) is 9.61. The van der Waals surface area contributed by atoms with E-state index < -0.39 is 0 Å². The van der Waals surface area contributed by atoms with Crippen molar-refractivity contribution in [3.8, 4) is 5.75 Å². The van der Waals surface area contributed by atoms with E-state index in [2.05, 4.69) is 0 Å². The molecule has 17 heavy (non-hydrogen) atoms. The predicted molar refractivity (Wildman–Crippen MR) is 67.4 cm³/mol. The minimum Gasteiger partial charge on any atom is -0.506 e. The second-order valence-corrected chi connectivity index (χ2v) is 3.95. The standard InChI is InChI=1S/C13H10ClNO2/c14-10-6-2-1-4-8(10)13(17)9-5-3-7-11(16)12(9)15/h1-7,16H,15H2. The van der Waals surface area contributed by atoms with Gasteiger partial charge in [0.2, 0.25) is 0 Å². The van der Waals surface area contributed by atoms with Crippen LogP contribution < -0.4 is 5.73 Å². The van der Waals surface area contributed by atoms with Gasteiger partial charge >= 0.3 is 0 Å². The van der Waals surface area contributed by atoms with Crippen molar-refractivity contribution in [1.29, 1.82) is 0 Å². The Hall–Kier alpha value is -2.00. The molecule has 0 amide bonds. The highest BCUT2D eigenvalue weighted by molar-refractivity contribution is 6.35. The van der Waals surface area contributed by atoms with Crippen molar-refractivity contribution in [3.05, 3.63) is 58.6 Å². The van der Waals surface area contributed by atoms with E-state index in [-0.39, 0.29) is 22.8 Å². The second kappa shape index (κ2) is 4.47. The maximum absolute atomic E-state index is 12.2.